The molecule has 11 heteroatoms. The first-order valence-corrected chi connectivity index (χ1v) is 12.8. The van der Waals surface area contributed by atoms with E-state index in [2.05, 4.69) is 4.42 Å². The molecule has 4 heterocycles. The number of furan rings is 4. The van der Waals surface area contributed by atoms with E-state index in [0.29, 0.717) is 34.9 Å². The lowest BCUT2D eigenvalue weighted by molar-refractivity contribution is -0.115. The maximum Gasteiger partial charge on any atom is 0.263 e. The maximum atomic E-state index is 11.4. The molecule has 0 radical (unpaired) electrons. The van der Waals surface area contributed by atoms with Crippen molar-refractivity contribution in [2.45, 2.75) is 41.0 Å². The molecule has 0 aliphatic carbocycles. The molecule has 0 bridgehead atoms. The van der Waals surface area contributed by atoms with E-state index >= 15 is 0 Å². The Morgan fingerprint density at radius 3 is 1.93 bits per heavy atom. The molecule has 43 heavy (non-hydrogen) atoms. The Hall–Kier alpha value is -5.58. The molecule has 0 saturated heterocycles. The molecule has 226 valence electrons. The van der Waals surface area contributed by atoms with Gasteiger partial charge in [0.1, 0.15) is 35.1 Å². The second-order valence-electron chi connectivity index (χ2n) is 8.49. The van der Waals surface area contributed by atoms with Gasteiger partial charge in [0.05, 0.1) is 18.1 Å². The summed E-state index contributed by atoms with van der Waals surface area (Å²) in [4.78, 5) is 63.7. The molecule has 4 rings (SSSR count). The van der Waals surface area contributed by atoms with Gasteiger partial charge in [0, 0.05) is 19.4 Å². The molecule has 2 N–H and O–H groups in total. The molecule has 0 aliphatic heterocycles. The highest BCUT2D eigenvalue weighted by Gasteiger charge is 2.19. The average Bonchev–Trinajstić information content (AvgIpc) is 3.80. The summed E-state index contributed by atoms with van der Waals surface area (Å²) in [5, 5.41) is 0. The minimum absolute atomic E-state index is 0.104. The lowest BCUT2D eigenvalue weighted by Crippen LogP contribution is -2.12. The predicted octanol–water partition coefficient (Wildman–Crippen LogP) is 5.69. The van der Waals surface area contributed by atoms with Crippen molar-refractivity contribution in [3.8, 4) is 0 Å². The zero-order valence-electron chi connectivity index (χ0n) is 24.4. The summed E-state index contributed by atoms with van der Waals surface area (Å²) in [5.74, 6) is 1.05. The highest BCUT2D eigenvalue weighted by Crippen LogP contribution is 2.15. The van der Waals surface area contributed by atoms with Gasteiger partial charge in [-0.2, -0.15) is 0 Å². The molecule has 0 unspecified atom stereocenters. The average molecular weight is 592 g/mol. The van der Waals surface area contributed by atoms with Crippen LogP contribution < -0.4 is 5.73 Å². The van der Waals surface area contributed by atoms with Gasteiger partial charge < -0.3 is 23.4 Å². The Kier molecular flexibility index (Phi) is 15.4. The number of allylic oxidation sites excluding steroid dienone is 1. The summed E-state index contributed by atoms with van der Waals surface area (Å²) in [5.41, 5.74) is 5.27. The topological polar surface area (TPSA) is 181 Å². The summed E-state index contributed by atoms with van der Waals surface area (Å²) in [6, 6.07) is 11.8. The SMILES string of the molecule is CC(=O)C(=O)c1ccco1.CCC(=O)C(=O)c1cc(C)oc1C.Cc1ccc(C=CC(N)=O)o1.O=CC=Cc1ccco1. The number of rotatable bonds is 9. The smallest absolute Gasteiger partial charge is 0.263 e. The van der Waals surface area contributed by atoms with Gasteiger partial charge in [0.15, 0.2) is 5.76 Å². The van der Waals surface area contributed by atoms with E-state index in [1.54, 1.807) is 63.4 Å². The Labute approximate surface area is 248 Å². The van der Waals surface area contributed by atoms with E-state index in [0.717, 1.165) is 5.76 Å². The first-order valence-electron chi connectivity index (χ1n) is 12.8. The van der Waals surface area contributed by atoms with E-state index in [1.165, 1.54) is 37.5 Å². The van der Waals surface area contributed by atoms with E-state index in [-0.39, 0.29) is 18.0 Å². The Balaban J connectivity index is 0.000000289. The van der Waals surface area contributed by atoms with Gasteiger partial charge in [0.25, 0.3) is 5.78 Å². The van der Waals surface area contributed by atoms with Crippen molar-refractivity contribution >= 4 is 47.5 Å². The summed E-state index contributed by atoms with van der Waals surface area (Å²) < 4.78 is 19.9. The van der Waals surface area contributed by atoms with Gasteiger partial charge in [-0.3, -0.25) is 28.8 Å². The lowest BCUT2D eigenvalue weighted by atomic mass is 10.1. The third-order valence-electron chi connectivity index (χ3n) is 4.98. The fourth-order valence-corrected chi connectivity index (χ4v) is 2.98. The number of hydrogen-bond acceptors (Lipinski definition) is 10. The lowest BCUT2D eigenvalue weighted by Gasteiger charge is -1.93. The molecule has 0 atom stereocenters. The van der Waals surface area contributed by atoms with Crippen LogP contribution in [-0.2, 0) is 19.2 Å². The minimum Gasteiger partial charge on any atom is -0.466 e. The molecule has 0 fully saturated rings. The summed E-state index contributed by atoms with van der Waals surface area (Å²) in [6.45, 7) is 8.15. The maximum absolute atomic E-state index is 11.4. The summed E-state index contributed by atoms with van der Waals surface area (Å²) >= 11 is 0. The number of Topliss-reactive ketones (excluding diaryl/α,β-unsaturated/α-hetero) is 4. The van der Waals surface area contributed by atoms with Crippen molar-refractivity contribution in [2.24, 2.45) is 5.73 Å². The molecule has 0 aromatic carbocycles. The molecule has 0 aliphatic rings. The van der Waals surface area contributed by atoms with Crippen LogP contribution in [0.3, 0.4) is 0 Å². The third kappa shape index (κ3) is 13.6. The minimum atomic E-state index is -0.579. The summed E-state index contributed by atoms with van der Waals surface area (Å²) in [7, 11) is 0. The van der Waals surface area contributed by atoms with E-state index in [4.69, 9.17) is 19.0 Å². The monoisotopic (exact) mass is 591 g/mol. The van der Waals surface area contributed by atoms with Crippen molar-refractivity contribution in [1.29, 1.82) is 0 Å². The first-order chi connectivity index (χ1) is 20.4. The van der Waals surface area contributed by atoms with Crippen LogP contribution in [0.25, 0.3) is 12.2 Å². The van der Waals surface area contributed by atoms with Gasteiger partial charge in [-0.05, 0) is 81.5 Å². The largest absolute Gasteiger partial charge is 0.466 e. The number of nitrogens with two attached hydrogens (primary N) is 1. The standard InChI is InChI=1S/C10H12O3.C8H9NO2.C7H6O3.C7H6O2/c1-4-9(11)10(12)8-5-6(2)13-7(8)3;1-6-2-3-7(11-6)4-5-8(9)10;1-5(8)7(9)6-3-2-4-10-6;8-5-1-3-7-4-2-6-9-7/h5H,4H2,1-3H3;2-5H,1H3,(H2,9,10);2-4H,1H3;1-6H. The highest BCUT2D eigenvalue weighted by molar-refractivity contribution is 6.44. The van der Waals surface area contributed by atoms with Crippen LogP contribution in [-0.4, -0.2) is 35.3 Å². The molecule has 4 aromatic heterocycles. The van der Waals surface area contributed by atoms with Crippen LogP contribution in [0.15, 0.2) is 84.8 Å². The number of hydrogen-bond donors (Lipinski definition) is 1. The van der Waals surface area contributed by atoms with E-state index < -0.39 is 23.3 Å². The van der Waals surface area contributed by atoms with Gasteiger partial charge in [-0.25, -0.2) is 0 Å². The third-order valence-corrected chi connectivity index (χ3v) is 4.98. The zero-order chi connectivity index (χ0) is 32.4. The molecule has 4 aromatic rings. The molecule has 11 nitrogen and oxygen atoms in total. The van der Waals surface area contributed by atoms with Crippen LogP contribution in [0.5, 0.6) is 0 Å². The van der Waals surface area contributed by atoms with Crippen LogP contribution in [0.4, 0.5) is 0 Å². The molecular weight excluding hydrogens is 558 g/mol. The fraction of sp³-hybridized carbons (Fsp3) is 0.188. The highest BCUT2D eigenvalue weighted by atomic mass is 16.3. The second-order valence-corrected chi connectivity index (χ2v) is 8.49. The Morgan fingerprint density at radius 1 is 0.814 bits per heavy atom. The van der Waals surface area contributed by atoms with Crippen LogP contribution in [0.2, 0.25) is 0 Å². The number of carbonyl (C=O) groups excluding carboxylic acids is 6. The van der Waals surface area contributed by atoms with Crippen LogP contribution in [0, 0.1) is 20.8 Å². The van der Waals surface area contributed by atoms with Crippen LogP contribution in [0.1, 0.15) is 70.0 Å². The van der Waals surface area contributed by atoms with Crippen LogP contribution >= 0.6 is 0 Å². The van der Waals surface area contributed by atoms with Crippen molar-refractivity contribution in [3.63, 3.8) is 0 Å². The normalized spacial score (nSPS) is 10.1. The zero-order valence-corrected chi connectivity index (χ0v) is 24.4. The first kappa shape index (κ1) is 35.4. The number of aryl methyl sites for hydroxylation is 3. The number of ketones is 4. The van der Waals surface area contributed by atoms with Crippen molar-refractivity contribution in [2.75, 3.05) is 0 Å². The quantitative estimate of drug-likeness (QED) is 0.110. The number of aldehydes is 1. The van der Waals surface area contributed by atoms with Crippen molar-refractivity contribution < 1.29 is 46.4 Å². The molecule has 0 spiro atoms. The van der Waals surface area contributed by atoms with E-state index in [1.807, 2.05) is 13.0 Å². The van der Waals surface area contributed by atoms with Gasteiger partial charge >= 0.3 is 0 Å². The van der Waals surface area contributed by atoms with Crippen molar-refractivity contribution in [1.82, 2.24) is 0 Å². The van der Waals surface area contributed by atoms with Gasteiger partial charge in [-0.15, -0.1) is 0 Å². The number of carbonyl (C=O) groups is 6. The van der Waals surface area contributed by atoms with Crippen molar-refractivity contribution in [3.05, 3.63) is 107 Å². The number of primary amides is 1. The van der Waals surface area contributed by atoms with Gasteiger partial charge in [-0.1, -0.05) is 6.92 Å². The molecule has 1 amide bonds. The molecule has 0 saturated carbocycles. The predicted molar refractivity (Wildman–Crippen MR) is 157 cm³/mol. The fourth-order valence-electron chi connectivity index (χ4n) is 2.98. The van der Waals surface area contributed by atoms with Gasteiger partial charge in [0.2, 0.25) is 23.3 Å². The van der Waals surface area contributed by atoms with E-state index in [9.17, 15) is 28.8 Å². The number of amides is 1. The molecular formula is C32H33NO10. The Morgan fingerprint density at radius 2 is 1.49 bits per heavy atom. The second kappa shape index (κ2) is 18.7. The Bertz CT molecular complexity index is 1540. The summed E-state index contributed by atoms with van der Waals surface area (Å²) in [6.07, 6.45) is 9.66.